The SMILES string of the molecule is CC(C)N1CCCN(C(=O)CN2CCC[C@H](O)C2)CC1. The van der Waals surface area contributed by atoms with E-state index in [2.05, 4.69) is 23.6 Å². The summed E-state index contributed by atoms with van der Waals surface area (Å²) in [6.45, 7) is 10.3. The molecule has 1 amide bonds. The van der Waals surface area contributed by atoms with Crippen molar-refractivity contribution >= 4 is 5.91 Å². The van der Waals surface area contributed by atoms with E-state index in [0.717, 1.165) is 52.0 Å². The Balaban J connectivity index is 1.80. The van der Waals surface area contributed by atoms with Gasteiger partial charge in [-0.3, -0.25) is 14.6 Å². The third-order valence-electron chi connectivity index (χ3n) is 4.45. The molecule has 1 N–H and O–H groups in total. The summed E-state index contributed by atoms with van der Waals surface area (Å²) in [7, 11) is 0. The molecule has 0 bridgehead atoms. The second-order valence-electron chi connectivity index (χ2n) is 6.40. The molecule has 5 heteroatoms. The summed E-state index contributed by atoms with van der Waals surface area (Å²) in [6.07, 6.45) is 2.68. The fourth-order valence-corrected chi connectivity index (χ4v) is 3.17. The summed E-state index contributed by atoms with van der Waals surface area (Å²) < 4.78 is 0. The highest BCUT2D eigenvalue weighted by molar-refractivity contribution is 5.78. The van der Waals surface area contributed by atoms with Crippen molar-refractivity contribution in [3.05, 3.63) is 0 Å². The Bertz CT molecular complexity index is 322. The third kappa shape index (κ3) is 4.43. The molecule has 0 aromatic rings. The molecule has 0 aromatic heterocycles. The van der Waals surface area contributed by atoms with Gasteiger partial charge >= 0.3 is 0 Å². The van der Waals surface area contributed by atoms with E-state index in [9.17, 15) is 9.90 Å². The van der Waals surface area contributed by atoms with Crippen molar-refractivity contribution in [2.75, 3.05) is 45.8 Å². The van der Waals surface area contributed by atoms with Gasteiger partial charge in [-0.2, -0.15) is 0 Å². The van der Waals surface area contributed by atoms with E-state index in [1.54, 1.807) is 0 Å². The summed E-state index contributed by atoms with van der Waals surface area (Å²) in [5, 5.41) is 9.67. The standard InChI is InChI=1S/C15H29N3O2/c1-13(2)17-7-4-8-18(10-9-17)15(20)12-16-6-3-5-14(19)11-16/h13-14,19H,3-12H2,1-2H3/t14-/m0/s1. The Kier molecular flexibility index (Phi) is 5.81. The van der Waals surface area contributed by atoms with Crippen molar-refractivity contribution in [1.29, 1.82) is 0 Å². The average molecular weight is 283 g/mol. The van der Waals surface area contributed by atoms with Crippen LogP contribution in [0.2, 0.25) is 0 Å². The molecule has 2 heterocycles. The predicted octanol–water partition coefficient (Wildman–Crippen LogP) is 0.386. The van der Waals surface area contributed by atoms with E-state index in [0.29, 0.717) is 19.1 Å². The normalized spacial score (nSPS) is 26.8. The third-order valence-corrected chi connectivity index (χ3v) is 4.45. The summed E-state index contributed by atoms with van der Waals surface area (Å²) in [5.41, 5.74) is 0. The molecule has 0 radical (unpaired) electrons. The Labute approximate surface area is 122 Å². The van der Waals surface area contributed by atoms with Crippen molar-refractivity contribution in [3.63, 3.8) is 0 Å². The Morgan fingerprint density at radius 3 is 2.65 bits per heavy atom. The van der Waals surface area contributed by atoms with Gasteiger partial charge in [-0.25, -0.2) is 0 Å². The van der Waals surface area contributed by atoms with Crippen LogP contribution in [0.4, 0.5) is 0 Å². The highest BCUT2D eigenvalue weighted by atomic mass is 16.3. The van der Waals surface area contributed by atoms with E-state index in [1.165, 1.54) is 0 Å². The van der Waals surface area contributed by atoms with E-state index in [1.807, 2.05) is 4.90 Å². The number of aliphatic hydroxyl groups is 1. The Morgan fingerprint density at radius 1 is 1.15 bits per heavy atom. The first-order valence-electron chi connectivity index (χ1n) is 7.98. The van der Waals surface area contributed by atoms with E-state index < -0.39 is 0 Å². The van der Waals surface area contributed by atoms with Crippen LogP contribution < -0.4 is 0 Å². The number of β-amino-alcohol motifs (C(OH)–C–C–N with tert-alkyl or cyclic N) is 1. The monoisotopic (exact) mass is 283 g/mol. The number of likely N-dealkylation sites (tertiary alicyclic amines) is 1. The lowest BCUT2D eigenvalue weighted by Gasteiger charge is -2.31. The molecule has 116 valence electrons. The van der Waals surface area contributed by atoms with Gasteiger partial charge in [0.25, 0.3) is 0 Å². The highest BCUT2D eigenvalue weighted by Gasteiger charge is 2.24. The summed E-state index contributed by atoms with van der Waals surface area (Å²) in [5.74, 6) is 0.227. The Hall–Kier alpha value is -0.650. The number of rotatable bonds is 3. The van der Waals surface area contributed by atoms with Gasteiger partial charge in [0.2, 0.25) is 5.91 Å². The molecule has 2 aliphatic rings. The lowest BCUT2D eigenvalue weighted by molar-refractivity contribution is -0.133. The van der Waals surface area contributed by atoms with Gasteiger partial charge in [0.1, 0.15) is 0 Å². The van der Waals surface area contributed by atoms with Crippen LogP contribution in [0.25, 0.3) is 0 Å². The van der Waals surface area contributed by atoms with Gasteiger partial charge in [0, 0.05) is 38.8 Å². The summed E-state index contributed by atoms with van der Waals surface area (Å²) in [6, 6.07) is 0.558. The zero-order valence-corrected chi connectivity index (χ0v) is 12.9. The minimum atomic E-state index is -0.253. The fraction of sp³-hybridized carbons (Fsp3) is 0.933. The minimum Gasteiger partial charge on any atom is -0.392 e. The molecular weight excluding hydrogens is 254 g/mol. The van der Waals surface area contributed by atoms with Crippen molar-refractivity contribution in [2.24, 2.45) is 0 Å². The highest BCUT2D eigenvalue weighted by Crippen LogP contribution is 2.11. The first-order chi connectivity index (χ1) is 9.56. The van der Waals surface area contributed by atoms with Crippen LogP contribution >= 0.6 is 0 Å². The van der Waals surface area contributed by atoms with Crippen LogP contribution in [0, 0.1) is 0 Å². The molecule has 1 atom stereocenters. The number of hydrogen-bond donors (Lipinski definition) is 1. The lowest BCUT2D eigenvalue weighted by atomic mass is 10.1. The van der Waals surface area contributed by atoms with Crippen LogP contribution in [0.3, 0.4) is 0 Å². The minimum absolute atomic E-state index is 0.227. The number of piperidine rings is 1. The van der Waals surface area contributed by atoms with Gasteiger partial charge in [0.05, 0.1) is 12.6 Å². The first kappa shape index (κ1) is 15.7. The molecular formula is C15H29N3O2. The van der Waals surface area contributed by atoms with Crippen LogP contribution in [0.15, 0.2) is 0 Å². The van der Waals surface area contributed by atoms with Crippen molar-refractivity contribution in [2.45, 2.75) is 45.3 Å². The van der Waals surface area contributed by atoms with E-state index >= 15 is 0 Å². The molecule has 0 aromatic carbocycles. The molecule has 5 nitrogen and oxygen atoms in total. The molecule has 2 aliphatic heterocycles. The molecule has 20 heavy (non-hydrogen) atoms. The molecule has 0 aliphatic carbocycles. The van der Waals surface area contributed by atoms with Crippen LogP contribution in [0.1, 0.15) is 33.1 Å². The maximum absolute atomic E-state index is 12.4. The zero-order valence-electron chi connectivity index (χ0n) is 12.9. The number of aliphatic hydroxyl groups excluding tert-OH is 1. The fourth-order valence-electron chi connectivity index (χ4n) is 3.17. The molecule has 0 saturated carbocycles. The quantitative estimate of drug-likeness (QED) is 0.814. The topological polar surface area (TPSA) is 47.0 Å². The average Bonchev–Trinajstić information content (AvgIpc) is 2.64. The number of nitrogens with zero attached hydrogens (tertiary/aromatic N) is 3. The van der Waals surface area contributed by atoms with Gasteiger partial charge in [-0.15, -0.1) is 0 Å². The smallest absolute Gasteiger partial charge is 0.236 e. The van der Waals surface area contributed by atoms with Gasteiger partial charge in [-0.1, -0.05) is 0 Å². The maximum Gasteiger partial charge on any atom is 0.236 e. The molecule has 0 unspecified atom stereocenters. The largest absolute Gasteiger partial charge is 0.392 e. The first-order valence-corrected chi connectivity index (χ1v) is 7.98. The molecule has 2 saturated heterocycles. The van der Waals surface area contributed by atoms with E-state index in [-0.39, 0.29) is 12.0 Å². The number of hydrogen-bond acceptors (Lipinski definition) is 4. The number of carbonyl (C=O) groups is 1. The van der Waals surface area contributed by atoms with Gasteiger partial charge in [-0.05, 0) is 39.7 Å². The van der Waals surface area contributed by atoms with Gasteiger partial charge in [0.15, 0.2) is 0 Å². The molecule has 0 spiro atoms. The second-order valence-corrected chi connectivity index (χ2v) is 6.40. The number of amides is 1. The summed E-state index contributed by atoms with van der Waals surface area (Å²) in [4.78, 5) is 18.9. The van der Waals surface area contributed by atoms with Crippen LogP contribution in [-0.4, -0.2) is 83.7 Å². The second kappa shape index (κ2) is 7.38. The van der Waals surface area contributed by atoms with Crippen molar-refractivity contribution in [1.82, 2.24) is 14.7 Å². The molecule has 2 rings (SSSR count). The van der Waals surface area contributed by atoms with E-state index in [4.69, 9.17) is 0 Å². The van der Waals surface area contributed by atoms with Crippen molar-refractivity contribution < 1.29 is 9.90 Å². The predicted molar refractivity (Wildman–Crippen MR) is 79.6 cm³/mol. The van der Waals surface area contributed by atoms with Crippen LogP contribution in [-0.2, 0) is 4.79 Å². The molecule has 2 fully saturated rings. The Morgan fingerprint density at radius 2 is 1.95 bits per heavy atom. The van der Waals surface area contributed by atoms with Crippen molar-refractivity contribution in [3.8, 4) is 0 Å². The van der Waals surface area contributed by atoms with Crippen LogP contribution in [0.5, 0.6) is 0 Å². The zero-order chi connectivity index (χ0) is 14.5. The summed E-state index contributed by atoms with van der Waals surface area (Å²) >= 11 is 0. The maximum atomic E-state index is 12.4. The lowest BCUT2D eigenvalue weighted by Crippen LogP contribution is -2.46. The number of carbonyl (C=O) groups excluding carboxylic acids is 1. The van der Waals surface area contributed by atoms with Gasteiger partial charge < -0.3 is 10.0 Å².